The Bertz CT molecular complexity index is 959. The molecule has 7 nitrogen and oxygen atoms in total. The molecule has 3 heterocycles. The van der Waals surface area contributed by atoms with Gasteiger partial charge in [-0.1, -0.05) is 11.6 Å². The largest absolute Gasteiger partial charge is 0.486 e. The highest BCUT2D eigenvalue weighted by atomic mass is 35.5. The molecule has 0 atom stereocenters. The molecule has 0 radical (unpaired) electrons. The van der Waals surface area contributed by atoms with Gasteiger partial charge in [0.15, 0.2) is 5.89 Å². The molecule has 0 spiro atoms. The van der Waals surface area contributed by atoms with Gasteiger partial charge in [-0.05, 0) is 25.0 Å². The number of benzene rings is 1. The number of hydrogen-bond acceptors (Lipinski definition) is 4. The summed E-state index contributed by atoms with van der Waals surface area (Å²) in [6, 6.07) is 5.67. The number of aryl methyl sites for hydroxylation is 1. The first-order chi connectivity index (χ1) is 13.1. The van der Waals surface area contributed by atoms with Crippen molar-refractivity contribution in [2.45, 2.75) is 32.9 Å². The van der Waals surface area contributed by atoms with Crippen LogP contribution >= 0.6 is 11.6 Å². The average Bonchev–Trinajstić information content (AvgIpc) is 3.38. The van der Waals surface area contributed by atoms with Crippen LogP contribution in [0.4, 0.5) is 4.79 Å². The lowest BCUT2D eigenvalue weighted by Gasteiger charge is -2.15. The smallest absolute Gasteiger partial charge is 0.317 e. The van der Waals surface area contributed by atoms with Gasteiger partial charge in [-0.25, -0.2) is 9.78 Å². The normalized spacial score (nSPS) is 14.1. The molecule has 0 aliphatic carbocycles. The fourth-order valence-corrected chi connectivity index (χ4v) is 3.45. The molecule has 1 aliphatic heterocycles. The van der Waals surface area contributed by atoms with E-state index in [1.807, 2.05) is 23.1 Å². The number of fused-ring (bicyclic) bond motifs is 1. The summed E-state index contributed by atoms with van der Waals surface area (Å²) >= 11 is 6.34. The monoisotopic (exact) mass is 388 g/mol. The number of oxazole rings is 1. The van der Waals surface area contributed by atoms with Crippen molar-refractivity contribution in [1.82, 2.24) is 20.2 Å². The summed E-state index contributed by atoms with van der Waals surface area (Å²) in [4.78, 5) is 21.5. The molecule has 3 aromatic rings. The highest BCUT2D eigenvalue weighted by Crippen LogP contribution is 2.31. The molecule has 1 saturated heterocycles. The number of carbonyl (C=O) groups is 1. The minimum absolute atomic E-state index is 0.0175. The van der Waals surface area contributed by atoms with Gasteiger partial charge in [0.2, 0.25) is 0 Å². The molecular formula is C19H21ClN4O3. The molecular weight excluding hydrogens is 368 g/mol. The van der Waals surface area contributed by atoms with Crippen LogP contribution in [0, 0.1) is 6.92 Å². The highest BCUT2D eigenvalue weighted by molar-refractivity contribution is 6.32. The lowest BCUT2D eigenvalue weighted by molar-refractivity contribution is 0.208. The van der Waals surface area contributed by atoms with E-state index in [-0.39, 0.29) is 12.6 Å². The van der Waals surface area contributed by atoms with Crippen molar-refractivity contribution in [1.29, 1.82) is 0 Å². The van der Waals surface area contributed by atoms with Crippen molar-refractivity contribution < 1.29 is 13.9 Å². The first-order valence-electron chi connectivity index (χ1n) is 8.96. The summed E-state index contributed by atoms with van der Waals surface area (Å²) in [5.41, 5.74) is 2.52. The Labute approximate surface area is 161 Å². The zero-order chi connectivity index (χ0) is 18.8. The topological polar surface area (TPSA) is 83.4 Å². The average molecular weight is 389 g/mol. The summed E-state index contributed by atoms with van der Waals surface area (Å²) < 4.78 is 10.9. The van der Waals surface area contributed by atoms with Gasteiger partial charge in [-0.3, -0.25) is 0 Å². The number of amides is 2. The van der Waals surface area contributed by atoms with Gasteiger partial charge in [-0.2, -0.15) is 0 Å². The summed E-state index contributed by atoms with van der Waals surface area (Å²) in [5, 5.41) is 4.44. The summed E-state index contributed by atoms with van der Waals surface area (Å²) in [5.74, 6) is 1.17. The molecule has 0 unspecified atom stereocenters. The third-order valence-corrected chi connectivity index (χ3v) is 4.89. The van der Waals surface area contributed by atoms with E-state index in [9.17, 15) is 4.79 Å². The third kappa shape index (κ3) is 4.03. The summed E-state index contributed by atoms with van der Waals surface area (Å²) in [6.07, 6.45) is 3.72. The van der Waals surface area contributed by atoms with Gasteiger partial charge >= 0.3 is 6.03 Å². The highest BCUT2D eigenvalue weighted by Gasteiger charge is 2.17. The minimum Gasteiger partial charge on any atom is -0.486 e. The van der Waals surface area contributed by atoms with Crippen molar-refractivity contribution in [3.05, 3.63) is 46.8 Å². The Balaban J connectivity index is 1.43. The fourth-order valence-electron chi connectivity index (χ4n) is 3.23. The fraction of sp³-hybridized carbons (Fsp3) is 0.368. The first-order valence-corrected chi connectivity index (χ1v) is 9.34. The lowest BCUT2D eigenvalue weighted by Crippen LogP contribution is -2.37. The van der Waals surface area contributed by atoms with E-state index in [1.165, 1.54) is 0 Å². The molecule has 1 aromatic carbocycles. The summed E-state index contributed by atoms with van der Waals surface area (Å²) in [6.45, 7) is 4.17. The number of aromatic nitrogens is 2. The van der Waals surface area contributed by atoms with Gasteiger partial charge in [0.25, 0.3) is 0 Å². The van der Waals surface area contributed by atoms with Crippen LogP contribution in [0.1, 0.15) is 30.1 Å². The molecule has 4 rings (SSSR count). The van der Waals surface area contributed by atoms with Gasteiger partial charge in [0.05, 0.1) is 11.6 Å². The first kappa shape index (κ1) is 17.7. The number of rotatable bonds is 5. The number of aromatic amines is 1. The molecule has 27 heavy (non-hydrogen) atoms. The minimum atomic E-state index is -0.0175. The Morgan fingerprint density at radius 2 is 2.19 bits per heavy atom. The van der Waals surface area contributed by atoms with Crippen molar-refractivity contribution in [2.75, 3.05) is 13.1 Å². The second-order valence-corrected chi connectivity index (χ2v) is 7.07. The summed E-state index contributed by atoms with van der Waals surface area (Å²) in [7, 11) is 0. The number of carbonyl (C=O) groups excluding carboxylic acids is 1. The molecule has 1 fully saturated rings. The van der Waals surface area contributed by atoms with Gasteiger partial charge in [0, 0.05) is 42.7 Å². The number of halogens is 1. The Kier molecular flexibility index (Phi) is 4.94. The van der Waals surface area contributed by atoms with Crippen molar-refractivity contribution in [3.8, 4) is 5.75 Å². The molecule has 8 heteroatoms. The van der Waals surface area contributed by atoms with Crippen LogP contribution in [-0.2, 0) is 13.2 Å². The van der Waals surface area contributed by atoms with Gasteiger partial charge in [0.1, 0.15) is 24.3 Å². The van der Waals surface area contributed by atoms with E-state index in [2.05, 4.69) is 15.3 Å². The quantitative estimate of drug-likeness (QED) is 0.691. The van der Waals surface area contributed by atoms with Crippen LogP contribution in [0.3, 0.4) is 0 Å². The molecule has 2 N–H and O–H groups in total. The third-order valence-electron chi connectivity index (χ3n) is 4.59. The van der Waals surface area contributed by atoms with Crippen LogP contribution < -0.4 is 10.1 Å². The predicted molar refractivity (Wildman–Crippen MR) is 102 cm³/mol. The van der Waals surface area contributed by atoms with Gasteiger partial charge < -0.3 is 24.4 Å². The van der Waals surface area contributed by atoms with Crippen molar-refractivity contribution >= 4 is 28.5 Å². The van der Waals surface area contributed by atoms with E-state index >= 15 is 0 Å². The Morgan fingerprint density at radius 3 is 2.93 bits per heavy atom. The lowest BCUT2D eigenvalue weighted by atomic mass is 10.2. The maximum Gasteiger partial charge on any atom is 0.317 e. The SMILES string of the molecule is Cc1nc(COc2cc3[nH]c(CNC(=O)N4CCCC4)cc3cc2Cl)co1. The Morgan fingerprint density at radius 1 is 1.37 bits per heavy atom. The van der Waals surface area contributed by atoms with E-state index in [4.69, 9.17) is 20.8 Å². The number of nitrogens with one attached hydrogen (secondary N) is 2. The van der Waals surface area contributed by atoms with Crippen molar-refractivity contribution in [2.24, 2.45) is 0 Å². The number of nitrogens with zero attached hydrogens (tertiary/aromatic N) is 2. The van der Waals surface area contributed by atoms with Crippen LogP contribution in [0.2, 0.25) is 5.02 Å². The molecule has 2 amide bonds. The van der Waals surface area contributed by atoms with Crippen LogP contribution in [-0.4, -0.2) is 34.0 Å². The maximum absolute atomic E-state index is 12.1. The van der Waals surface area contributed by atoms with Crippen LogP contribution in [0.25, 0.3) is 10.9 Å². The van der Waals surface area contributed by atoms with Crippen molar-refractivity contribution in [3.63, 3.8) is 0 Å². The Hall–Kier alpha value is -2.67. The maximum atomic E-state index is 12.1. The molecule has 1 aliphatic rings. The molecule has 2 aromatic heterocycles. The van der Waals surface area contributed by atoms with E-state index in [0.29, 0.717) is 28.9 Å². The second kappa shape index (κ2) is 7.52. The standard InChI is InChI=1S/C19H21ClN4O3/c1-12-22-15(10-26-12)11-27-18-8-17-13(7-16(18)20)6-14(23-17)9-21-19(25)24-4-2-3-5-24/h6-8,10,23H,2-5,9,11H2,1H3,(H,21,25). The number of H-pyrrole nitrogens is 1. The molecule has 142 valence electrons. The molecule has 0 bridgehead atoms. The van der Waals surface area contributed by atoms with Gasteiger partial charge in [-0.15, -0.1) is 0 Å². The zero-order valence-electron chi connectivity index (χ0n) is 15.0. The van der Waals surface area contributed by atoms with Crippen LogP contribution in [0.5, 0.6) is 5.75 Å². The predicted octanol–water partition coefficient (Wildman–Crippen LogP) is 4.00. The number of hydrogen-bond donors (Lipinski definition) is 2. The second-order valence-electron chi connectivity index (χ2n) is 6.66. The number of likely N-dealkylation sites (tertiary alicyclic amines) is 1. The van der Waals surface area contributed by atoms with Crippen LogP contribution in [0.15, 0.2) is 28.9 Å². The number of urea groups is 1. The molecule has 0 saturated carbocycles. The zero-order valence-corrected chi connectivity index (χ0v) is 15.8. The van der Waals surface area contributed by atoms with E-state index in [1.54, 1.807) is 13.2 Å². The van der Waals surface area contributed by atoms with E-state index in [0.717, 1.165) is 42.5 Å². The number of ether oxygens (including phenoxy) is 1. The van der Waals surface area contributed by atoms with E-state index < -0.39 is 0 Å².